The van der Waals surface area contributed by atoms with Crippen molar-refractivity contribution in [1.82, 2.24) is 9.72 Å². The molecular weight excluding hydrogens is 448 g/mol. The van der Waals surface area contributed by atoms with Crippen LogP contribution < -0.4 is 20.9 Å². The molecule has 8 heteroatoms. The maximum Gasteiger partial charge on any atom is 0.440 e. The van der Waals surface area contributed by atoms with Gasteiger partial charge in [0.25, 0.3) is 0 Å². The first-order valence-corrected chi connectivity index (χ1v) is 11.2. The van der Waals surface area contributed by atoms with E-state index in [1.54, 1.807) is 13.8 Å². The number of H-pyrrole nitrogens is 1. The van der Waals surface area contributed by atoms with Crippen molar-refractivity contribution in [3.8, 4) is 22.6 Å². The second-order valence-electron chi connectivity index (χ2n) is 9.06. The van der Waals surface area contributed by atoms with Crippen molar-refractivity contribution < 1.29 is 19.1 Å². The summed E-state index contributed by atoms with van der Waals surface area (Å²) in [6, 6.07) is 21.3. The van der Waals surface area contributed by atoms with Crippen molar-refractivity contribution >= 4 is 0 Å². The van der Waals surface area contributed by atoms with Crippen LogP contribution in [0.2, 0.25) is 0 Å². The zero-order valence-electron chi connectivity index (χ0n) is 19.9. The molecule has 0 unspecified atom stereocenters. The average molecular weight is 477 g/mol. The Morgan fingerprint density at radius 1 is 0.943 bits per heavy atom. The standard InChI is InChI=1S/C27H28N2O6/c1-18-13-23(34-17-27(2,3)32)11-12-24(18)21-6-4-5-20(14-21)16-33-22-9-7-19(8-10-22)15-29-25(30)28-26(31)35-29/h4-14,32H,15-17H2,1-3H3,(H,28,30,31). The lowest BCUT2D eigenvalue weighted by Crippen LogP contribution is -2.27. The van der Waals surface area contributed by atoms with Crippen LogP contribution in [0, 0.1) is 6.92 Å². The number of aromatic amines is 1. The molecule has 0 fully saturated rings. The first-order chi connectivity index (χ1) is 16.7. The van der Waals surface area contributed by atoms with Crippen LogP contribution in [0.4, 0.5) is 0 Å². The summed E-state index contributed by atoms with van der Waals surface area (Å²) < 4.78 is 17.4. The van der Waals surface area contributed by atoms with Crippen molar-refractivity contribution in [2.24, 2.45) is 0 Å². The summed E-state index contributed by atoms with van der Waals surface area (Å²) in [6.07, 6.45) is 0. The fourth-order valence-electron chi connectivity index (χ4n) is 3.58. The van der Waals surface area contributed by atoms with Gasteiger partial charge in [0, 0.05) is 0 Å². The summed E-state index contributed by atoms with van der Waals surface area (Å²) in [5.41, 5.74) is 3.60. The Labute approximate surface area is 202 Å². The first-order valence-electron chi connectivity index (χ1n) is 11.2. The summed E-state index contributed by atoms with van der Waals surface area (Å²) in [4.78, 5) is 24.7. The summed E-state index contributed by atoms with van der Waals surface area (Å²) in [7, 11) is 0. The van der Waals surface area contributed by atoms with Gasteiger partial charge in [0.15, 0.2) is 0 Å². The number of ether oxygens (including phenoxy) is 2. The van der Waals surface area contributed by atoms with Crippen LogP contribution in [0.25, 0.3) is 11.1 Å². The molecule has 0 radical (unpaired) electrons. The Balaban J connectivity index is 1.39. The predicted molar refractivity (Wildman–Crippen MR) is 132 cm³/mol. The lowest BCUT2D eigenvalue weighted by molar-refractivity contribution is 0.0285. The summed E-state index contributed by atoms with van der Waals surface area (Å²) in [5, 5.41) is 9.86. The number of aliphatic hydroxyl groups is 1. The Morgan fingerprint density at radius 3 is 2.34 bits per heavy atom. The molecule has 0 saturated heterocycles. The minimum absolute atomic E-state index is 0.154. The largest absolute Gasteiger partial charge is 0.491 e. The van der Waals surface area contributed by atoms with Crippen LogP contribution in [0.15, 0.2) is 80.8 Å². The number of aromatic nitrogens is 2. The highest BCUT2D eigenvalue weighted by Crippen LogP contribution is 2.28. The van der Waals surface area contributed by atoms with Crippen LogP contribution in [-0.4, -0.2) is 27.0 Å². The van der Waals surface area contributed by atoms with Gasteiger partial charge in [0.1, 0.15) is 24.7 Å². The highest BCUT2D eigenvalue weighted by molar-refractivity contribution is 5.68. The number of hydrogen-bond acceptors (Lipinski definition) is 6. The van der Waals surface area contributed by atoms with E-state index < -0.39 is 17.0 Å². The third kappa shape index (κ3) is 6.51. The van der Waals surface area contributed by atoms with Gasteiger partial charge in [-0.25, -0.2) is 14.6 Å². The smallest absolute Gasteiger partial charge is 0.440 e. The molecule has 4 aromatic rings. The minimum Gasteiger partial charge on any atom is -0.491 e. The van der Waals surface area contributed by atoms with Crippen molar-refractivity contribution in [3.63, 3.8) is 0 Å². The van der Waals surface area contributed by atoms with E-state index in [9.17, 15) is 14.7 Å². The Hall–Kier alpha value is -4.04. The van der Waals surface area contributed by atoms with E-state index in [4.69, 9.17) is 14.0 Å². The van der Waals surface area contributed by atoms with Gasteiger partial charge in [0.2, 0.25) is 0 Å². The van der Waals surface area contributed by atoms with E-state index in [0.29, 0.717) is 12.4 Å². The second-order valence-corrected chi connectivity index (χ2v) is 9.06. The van der Waals surface area contributed by atoms with Crippen LogP contribution >= 0.6 is 0 Å². The quantitative estimate of drug-likeness (QED) is 0.380. The molecule has 182 valence electrons. The van der Waals surface area contributed by atoms with Gasteiger partial charge in [-0.15, -0.1) is 4.74 Å². The van der Waals surface area contributed by atoms with Crippen molar-refractivity contribution in [1.29, 1.82) is 0 Å². The molecule has 35 heavy (non-hydrogen) atoms. The predicted octanol–water partition coefficient (Wildman–Crippen LogP) is 3.88. The van der Waals surface area contributed by atoms with Crippen LogP contribution in [-0.2, 0) is 13.2 Å². The average Bonchev–Trinajstić information content (AvgIpc) is 3.13. The summed E-state index contributed by atoms with van der Waals surface area (Å²) >= 11 is 0. The van der Waals surface area contributed by atoms with Crippen molar-refractivity contribution in [3.05, 3.63) is 104 Å². The third-order valence-electron chi connectivity index (χ3n) is 5.31. The van der Waals surface area contributed by atoms with Crippen LogP contribution in [0.3, 0.4) is 0 Å². The Morgan fingerprint density at radius 2 is 1.69 bits per heavy atom. The van der Waals surface area contributed by atoms with Gasteiger partial charge in [-0.3, -0.25) is 0 Å². The van der Waals surface area contributed by atoms with Crippen LogP contribution in [0.1, 0.15) is 30.5 Å². The van der Waals surface area contributed by atoms with E-state index in [-0.39, 0.29) is 13.2 Å². The topological polar surface area (TPSA) is 107 Å². The number of nitrogens with zero attached hydrogens (tertiary/aromatic N) is 1. The molecule has 0 amide bonds. The molecule has 0 atom stereocenters. The maximum absolute atomic E-state index is 11.6. The zero-order chi connectivity index (χ0) is 25.0. The molecule has 0 spiro atoms. The Bertz CT molecular complexity index is 1410. The molecule has 2 N–H and O–H groups in total. The molecule has 0 aliphatic heterocycles. The lowest BCUT2D eigenvalue weighted by atomic mass is 9.99. The first kappa shape index (κ1) is 24.1. The van der Waals surface area contributed by atoms with Gasteiger partial charge in [-0.1, -0.05) is 36.4 Å². The molecule has 4 rings (SSSR count). The number of hydrogen-bond donors (Lipinski definition) is 2. The SMILES string of the molecule is Cc1cc(OCC(C)(C)O)ccc1-c1cccc(COc2ccc(Cn3oc(=O)[nH]c3=O)cc2)c1. The summed E-state index contributed by atoms with van der Waals surface area (Å²) in [6.45, 7) is 6.22. The van der Waals surface area contributed by atoms with Gasteiger partial charge >= 0.3 is 11.4 Å². The normalized spacial score (nSPS) is 11.4. The Kier molecular flexibility index (Phi) is 6.93. The number of nitrogens with one attached hydrogen (secondary N) is 1. The molecule has 8 nitrogen and oxygen atoms in total. The van der Waals surface area contributed by atoms with Crippen LogP contribution in [0.5, 0.6) is 11.5 Å². The van der Waals surface area contributed by atoms with Gasteiger partial charge in [-0.05, 0) is 78.9 Å². The molecule has 0 aliphatic rings. The number of benzene rings is 3. The third-order valence-corrected chi connectivity index (χ3v) is 5.31. The number of rotatable bonds is 9. The van der Waals surface area contributed by atoms with E-state index in [0.717, 1.165) is 38.3 Å². The molecular formula is C27H28N2O6. The highest BCUT2D eigenvalue weighted by atomic mass is 16.5. The van der Waals surface area contributed by atoms with E-state index in [1.807, 2.05) is 61.5 Å². The molecule has 0 saturated carbocycles. The molecule has 1 heterocycles. The lowest BCUT2D eigenvalue weighted by Gasteiger charge is -2.18. The fourth-order valence-corrected chi connectivity index (χ4v) is 3.58. The monoisotopic (exact) mass is 476 g/mol. The highest BCUT2D eigenvalue weighted by Gasteiger charge is 2.14. The van der Waals surface area contributed by atoms with Gasteiger partial charge in [-0.2, -0.15) is 0 Å². The fraction of sp³-hybridized carbons (Fsp3) is 0.259. The number of aryl methyl sites for hydroxylation is 1. The van der Waals surface area contributed by atoms with Crippen molar-refractivity contribution in [2.75, 3.05) is 6.61 Å². The minimum atomic E-state index is -0.888. The maximum atomic E-state index is 11.6. The molecule has 0 bridgehead atoms. The molecule has 1 aromatic heterocycles. The van der Waals surface area contributed by atoms with Gasteiger partial charge < -0.3 is 19.1 Å². The van der Waals surface area contributed by atoms with Crippen molar-refractivity contribution in [2.45, 2.75) is 39.5 Å². The molecule has 3 aromatic carbocycles. The van der Waals surface area contributed by atoms with E-state index >= 15 is 0 Å². The van der Waals surface area contributed by atoms with E-state index in [2.05, 4.69) is 17.1 Å². The van der Waals surface area contributed by atoms with E-state index in [1.165, 1.54) is 0 Å². The second kappa shape index (κ2) is 10.1. The zero-order valence-corrected chi connectivity index (χ0v) is 19.9. The summed E-state index contributed by atoms with van der Waals surface area (Å²) in [5.74, 6) is 0.633. The molecule has 0 aliphatic carbocycles. The van der Waals surface area contributed by atoms with Gasteiger partial charge in [0.05, 0.1) is 12.1 Å².